The highest BCUT2D eigenvalue weighted by Crippen LogP contribution is 2.31. The number of hydrogen-bond acceptors (Lipinski definition) is 2. The molecule has 0 unspecified atom stereocenters. The number of aryl methyl sites for hydroxylation is 1. The fraction of sp³-hybridized carbons (Fsp3) is 0.235. The lowest BCUT2D eigenvalue weighted by Gasteiger charge is -2.15. The van der Waals surface area contributed by atoms with Crippen LogP contribution in [-0.2, 0) is 0 Å². The lowest BCUT2D eigenvalue weighted by atomic mass is 9.99. The van der Waals surface area contributed by atoms with E-state index >= 15 is 0 Å². The number of para-hydroxylation sites is 1. The van der Waals surface area contributed by atoms with E-state index in [1.165, 1.54) is 0 Å². The highest BCUT2D eigenvalue weighted by atomic mass is 16.5. The maximum atomic E-state index is 11.2. The fourth-order valence-corrected chi connectivity index (χ4v) is 2.08. The Bertz CT molecular complexity index is 630. The number of carboxylic acid groups (broad SMARTS) is 1. The minimum absolute atomic E-state index is 0.0699. The Morgan fingerprint density at radius 2 is 1.85 bits per heavy atom. The van der Waals surface area contributed by atoms with Crippen LogP contribution < -0.4 is 4.74 Å². The summed E-state index contributed by atoms with van der Waals surface area (Å²) in [5, 5.41) is 9.22. The van der Waals surface area contributed by atoms with Crippen molar-refractivity contribution in [1.82, 2.24) is 0 Å². The molecule has 104 valence electrons. The molecule has 2 aromatic carbocycles. The molecule has 1 N–H and O–H groups in total. The highest BCUT2D eigenvalue weighted by molar-refractivity contribution is 5.91. The molecule has 0 aliphatic heterocycles. The molecule has 2 rings (SSSR count). The lowest BCUT2D eigenvalue weighted by Crippen LogP contribution is -2.06. The molecule has 0 aromatic heterocycles. The zero-order valence-corrected chi connectivity index (χ0v) is 11.9. The summed E-state index contributed by atoms with van der Waals surface area (Å²) in [5.41, 5.74) is 2.83. The second kappa shape index (κ2) is 5.78. The molecule has 0 bridgehead atoms. The molecule has 0 atom stereocenters. The van der Waals surface area contributed by atoms with Gasteiger partial charge in [-0.05, 0) is 44.0 Å². The fourth-order valence-electron chi connectivity index (χ4n) is 2.08. The Morgan fingerprint density at radius 1 is 1.15 bits per heavy atom. The average molecular weight is 270 g/mol. The van der Waals surface area contributed by atoms with Gasteiger partial charge < -0.3 is 9.84 Å². The number of carbonyl (C=O) groups is 1. The van der Waals surface area contributed by atoms with Gasteiger partial charge in [0.15, 0.2) is 0 Å². The molecule has 2 aromatic rings. The Kier molecular flexibility index (Phi) is 4.08. The first-order valence-electron chi connectivity index (χ1n) is 6.59. The standard InChI is InChI=1S/C17H18O3/c1-11(2)20-16-7-5-4-6-14(16)13-9-8-12(3)15(10-13)17(18)19/h4-11H,1-3H3,(H,18,19). The summed E-state index contributed by atoms with van der Waals surface area (Å²) in [6.45, 7) is 5.73. The number of ether oxygens (including phenoxy) is 1. The molecule has 0 spiro atoms. The largest absolute Gasteiger partial charge is 0.490 e. The van der Waals surface area contributed by atoms with E-state index in [-0.39, 0.29) is 6.10 Å². The molecule has 3 nitrogen and oxygen atoms in total. The second-order valence-corrected chi connectivity index (χ2v) is 5.00. The lowest BCUT2D eigenvalue weighted by molar-refractivity contribution is 0.0696. The second-order valence-electron chi connectivity index (χ2n) is 5.00. The zero-order chi connectivity index (χ0) is 14.7. The molecule has 0 aliphatic carbocycles. The van der Waals surface area contributed by atoms with E-state index in [1.54, 1.807) is 13.0 Å². The Hall–Kier alpha value is -2.29. The summed E-state index contributed by atoms with van der Waals surface area (Å²) in [6.07, 6.45) is 0.0699. The van der Waals surface area contributed by atoms with Crippen LogP contribution in [0.1, 0.15) is 29.8 Å². The van der Waals surface area contributed by atoms with Crippen LogP contribution in [0.15, 0.2) is 42.5 Å². The summed E-state index contributed by atoms with van der Waals surface area (Å²) in [5.74, 6) is -0.144. The third kappa shape index (κ3) is 2.99. The van der Waals surface area contributed by atoms with Gasteiger partial charge >= 0.3 is 5.97 Å². The van der Waals surface area contributed by atoms with Crippen LogP contribution in [0.2, 0.25) is 0 Å². The molecular formula is C17H18O3. The number of carboxylic acids is 1. The smallest absolute Gasteiger partial charge is 0.335 e. The minimum atomic E-state index is -0.911. The minimum Gasteiger partial charge on any atom is -0.490 e. The molecular weight excluding hydrogens is 252 g/mol. The Labute approximate surface area is 118 Å². The molecule has 0 saturated carbocycles. The molecule has 0 heterocycles. The molecule has 0 saturated heterocycles. The van der Waals surface area contributed by atoms with Crippen molar-refractivity contribution < 1.29 is 14.6 Å². The van der Waals surface area contributed by atoms with E-state index in [0.717, 1.165) is 22.4 Å². The number of hydrogen-bond donors (Lipinski definition) is 1. The van der Waals surface area contributed by atoms with Gasteiger partial charge in [0.05, 0.1) is 11.7 Å². The predicted molar refractivity (Wildman–Crippen MR) is 79.3 cm³/mol. The van der Waals surface area contributed by atoms with Crippen molar-refractivity contribution in [3.8, 4) is 16.9 Å². The van der Waals surface area contributed by atoms with E-state index < -0.39 is 5.97 Å². The molecule has 20 heavy (non-hydrogen) atoms. The normalized spacial score (nSPS) is 10.6. The summed E-state index contributed by atoms with van der Waals surface area (Å²) in [7, 11) is 0. The molecule has 3 heteroatoms. The van der Waals surface area contributed by atoms with Crippen LogP contribution in [0.3, 0.4) is 0 Å². The van der Waals surface area contributed by atoms with Gasteiger partial charge in [-0.15, -0.1) is 0 Å². The first-order chi connectivity index (χ1) is 9.49. The van der Waals surface area contributed by atoms with Gasteiger partial charge in [-0.1, -0.05) is 30.3 Å². The molecule has 0 fully saturated rings. The summed E-state index contributed by atoms with van der Waals surface area (Å²) >= 11 is 0. The Morgan fingerprint density at radius 3 is 2.50 bits per heavy atom. The maximum Gasteiger partial charge on any atom is 0.335 e. The quantitative estimate of drug-likeness (QED) is 0.907. The van der Waals surface area contributed by atoms with Crippen molar-refractivity contribution in [1.29, 1.82) is 0 Å². The topological polar surface area (TPSA) is 46.5 Å². The van der Waals surface area contributed by atoms with E-state index in [0.29, 0.717) is 5.56 Å². The van der Waals surface area contributed by atoms with Crippen LogP contribution >= 0.6 is 0 Å². The Balaban J connectivity index is 2.51. The zero-order valence-electron chi connectivity index (χ0n) is 11.9. The van der Waals surface area contributed by atoms with Crippen molar-refractivity contribution in [3.05, 3.63) is 53.6 Å². The van der Waals surface area contributed by atoms with Crippen molar-refractivity contribution in [2.45, 2.75) is 26.9 Å². The van der Waals surface area contributed by atoms with Gasteiger partial charge in [0.25, 0.3) is 0 Å². The van der Waals surface area contributed by atoms with E-state index in [2.05, 4.69) is 0 Å². The third-order valence-electron chi connectivity index (χ3n) is 3.03. The summed E-state index contributed by atoms with van der Waals surface area (Å²) < 4.78 is 5.78. The van der Waals surface area contributed by atoms with E-state index in [9.17, 15) is 9.90 Å². The third-order valence-corrected chi connectivity index (χ3v) is 3.03. The SMILES string of the molecule is Cc1ccc(-c2ccccc2OC(C)C)cc1C(=O)O. The monoisotopic (exact) mass is 270 g/mol. The van der Waals surface area contributed by atoms with Crippen LogP contribution in [0.5, 0.6) is 5.75 Å². The van der Waals surface area contributed by atoms with Gasteiger partial charge in [0, 0.05) is 5.56 Å². The van der Waals surface area contributed by atoms with Gasteiger partial charge in [0.1, 0.15) is 5.75 Å². The maximum absolute atomic E-state index is 11.2. The number of benzene rings is 2. The summed E-state index contributed by atoms with van der Waals surface area (Å²) in [6, 6.07) is 13.1. The first kappa shape index (κ1) is 14.1. The van der Waals surface area contributed by atoms with Gasteiger partial charge in [-0.2, -0.15) is 0 Å². The molecule has 0 radical (unpaired) electrons. The van der Waals surface area contributed by atoms with Crippen LogP contribution in [-0.4, -0.2) is 17.2 Å². The van der Waals surface area contributed by atoms with Crippen LogP contribution in [0.25, 0.3) is 11.1 Å². The number of aromatic carboxylic acids is 1. The molecule has 0 aliphatic rings. The van der Waals surface area contributed by atoms with E-state index in [4.69, 9.17) is 4.74 Å². The average Bonchev–Trinajstić information content (AvgIpc) is 2.39. The van der Waals surface area contributed by atoms with Gasteiger partial charge in [0.2, 0.25) is 0 Å². The number of rotatable bonds is 4. The van der Waals surface area contributed by atoms with Gasteiger partial charge in [-0.25, -0.2) is 4.79 Å². The first-order valence-corrected chi connectivity index (χ1v) is 6.59. The van der Waals surface area contributed by atoms with Gasteiger partial charge in [-0.3, -0.25) is 0 Å². The van der Waals surface area contributed by atoms with Crippen molar-refractivity contribution in [3.63, 3.8) is 0 Å². The van der Waals surface area contributed by atoms with Crippen molar-refractivity contribution in [2.24, 2.45) is 0 Å². The van der Waals surface area contributed by atoms with E-state index in [1.807, 2.05) is 50.2 Å². The highest BCUT2D eigenvalue weighted by Gasteiger charge is 2.12. The summed E-state index contributed by atoms with van der Waals surface area (Å²) in [4.78, 5) is 11.2. The van der Waals surface area contributed by atoms with Crippen LogP contribution in [0, 0.1) is 6.92 Å². The predicted octanol–water partition coefficient (Wildman–Crippen LogP) is 4.15. The van der Waals surface area contributed by atoms with Crippen molar-refractivity contribution >= 4 is 5.97 Å². The van der Waals surface area contributed by atoms with Crippen molar-refractivity contribution in [2.75, 3.05) is 0 Å². The van der Waals surface area contributed by atoms with Crippen LogP contribution in [0.4, 0.5) is 0 Å². The molecule has 0 amide bonds.